The van der Waals surface area contributed by atoms with Crippen molar-refractivity contribution in [1.29, 1.82) is 0 Å². The first-order chi connectivity index (χ1) is 6.84. The number of halogens is 1. The average Bonchev–Trinajstić information content (AvgIpc) is 2.67. The Balaban J connectivity index is 1.91. The lowest BCUT2D eigenvalue weighted by atomic mass is 10.2. The third-order valence-electron chi connectivity index (χ3n) is 2.36. The van der Waals surface area contributed by atoms with Gasteiger partial charge in [0.15, 0.2) is 0 Å². The number of hydrogen-bond donors (Lipinski definition) is 1. The Kier molecular flexibility index (Phi) is 3.19. The highest BCUT2D eigenvalue weighted by molar-refractivity contribution is 9.10. The van der Waals surface area contributed by atoms with Gasteiger partial charge in [-0.25, -0.2) is 0 Å². The van der Waals surface area contributed by atoms with Gasteiger partial charge in [-0.15, -0.1) is 0 Å². The van der Waals surface area contributed by atoms with E-state index in [1.165, 1.54) is 24.8 Å². The molecule has 0 aromatic carbocycles. The minimum Gasteiger partial charge on any atom is -0.380 e. The maximum absolute atomic E-state index is 4.10. The number of nitrogens with zero attached hydrogens (tertiary/aromatic N) is 1. The Labute approximate surface area is 92.6 Å². The smallest absolute Gasteiger partial charge is 0.0540 e. The van der Waals surface area contributed by atoms with E-state index in [1.54, 1.807) is 6.20 Å². The van der Waals surface area contributed by atoms with Crippen LogP contribution in [0, 0.1) is 0 Å². The van der Waals surface area contributed by atoms with Crippen LogP contribution >= 0.6 is 15.9 Å². The summed E-state index contributed by atoms with van der Waals surface area (Å²) in [5.74, 6) is 0. The van der Waals surface area contributed by atoms with Crippen molar-refractivity contribution >= 4 is 21.6 Å². The molecule has 1 aliphatic carbocycles. The monoisotopic (exact) mass is 252 g/mol. The molecule has 74 valence electrons. The molecule has 0 amide bonds. The third-order valence-corrected chi connectivity index (χ3v) is 2.79. The van der Waals surface area contributed by atoms with E-state index in [4.69, 9.17) is 0 Å². The maximum atomic E-state index is 4.10. The van der Waals surface area contributed by atoms with Crippen LogP contribution in [0.2, 0.25) is 0 Å². The van der Waals surface area contributed by atoms with E-state index < -0.39 is 0 Å². The van der Waals surface area contributed by atoms with Crippen molar-refractivity contribution in [3.63, 3.8) is 0 Å². The van der Waals surface area contributed by atoms with E-state index in [0.29, 0.717) is 0 Å². The number of anilines is 1. The van der Waals surface area contributed by atoms with E-state index in [1.807, 2.05) is 12.3 Å². The van der Waals surface area contributed by atoms with Crippen LogP contribution in [0.15, 0.2) is 34.6 Å². The quantitative estimate of drug-likeness (QED) is 0.835. The Morgan fingerprint density at radius 2 is 2.36 bits per heavy atom. The standard InChI is InChI=1S/C11H13BrN2/c12-10-5-11(8-13-7-10)14-6-9-3-1-2-4-9/h3,5,7-8,14H,1-2,4,6H2. The lowest BCUT2D eigenvalue weighted by molar-refractivity contribution is 0.896. The van der Waals surface area contributed by atoms with Crippen molar-refractivity contribution < 1.29 is 0 Å². The zero-order valence-corrected chi connectivity index (χ0v) is 9.55. The van der Waals surface area contributed by atoms with Gasteiger partial charge in [-0.3, -0.25) is 4.98 Å². The van der Waals surface area contributed by atoms with Gasteiger partial charge in [0.1, 0.15) is 0 Å². The number of hydrogen-bond acceptors (Lipinski definition) is 2. The highest BCUT2D eigenvalue weighted by Crippen LogP contribution is 2.19. The fourth-order valence-electron chi connectivity index (χ4n) is 1.62. The second kappa shape index (κ2) is 4.60. The number of rotatable bonds is 3. The van der Waals surface area contributed by atoms with E-state index in [2.05, 4.69) is 32.3 Å². The fraction of sp³-hybridized carbons (Fsp3) is 0.364. The summed E-state index contributed by atoms with van der Waals surface area (Å²) >= 11 is 3.40. The van der Waals surface area contributed by atoms with Crippen LogP contribution in [0.25, 0.3) is 0 Å². The summed E-state index contributed by atoms with van der Waals surface area (Å²) in [7, 11) is 0. The molecule has 0 saturated heterocycles. The van der Waals surface area contributed by atoms with Gasteiger partial charge in [0.25, 0.3) is 0 Å². The van der Waals surface area contributed by atoms with E-state index >= 15 is 0 Å². The molecule has 2 rings (SSSR count). The summed E-state index contributed by atoms with van der Waals surface area (Å²) in [5.41, 5.74) is 2.59. The van der Waals surface area contributed by atoms with Crippen LogP contribution in [0.3, 0.4) is 0 Å². The molecule has 0 saturated carbocycles. The minimum absolute atomic E-state index is 0.956. The summed E-state index contributed by atoms with van der Waals surface area (Å²) in [6.45, 7) is 0.956. The molecule has 3 heteroatoms. The SMILES string of the molecule is Brc1cncc(NCC2=CCCC2)c1. The number of allylic oxidation sites excluding steroid dienone is 1. The molecule has 1 aliphatic rings. The van der Waals surface area contributed by atoms with Crippen LogP contribution in [0.4, 0.5) is 5.69 Å². The zero-order chi connectivity index (χ0) is 9.80. The first-order valence-corrected chi connectivity index (χ1v) is 5.66. The van der Waals surface area contributed by atoms with Gasteiger partial charge < -0.3 is 5.32 Å². The largest absolute Gasteiger partial charge is 0.380 e. The molecular formula is C11H13BrN2. The summed E-state index contributed by atoms with van der Waals surface area (Å²) < 4.78 is 1.02. The summed E-state index contributed by atoms with van der Waals surface area (Å²) in [5, 5.41) is 3.37. The van der Waals surface area contributed by atoms with Gasteiger partial charge in [-0.2, -0.15) is 0 Å². The molecule has 1 aromatic heterocycles. The molecule has 1 aromatic rings. The lowest BCUT2D eigenvalue weighted by Crippen LogP contribution is -2.03. The molecular weight excluding hydrogens is 240 g/mol. The predicted molar refractivity (Wildman–Crippen MR) is 62.4 cm³/mol. The second-order valence-electron chi connectivity index (χ2n) is 3.50. The number of nitrogens with one attached hydrogen (secondary N) is 1. The normalized spacial score (nSPS) is 15.4. The lowest BCUT2D eigenvalue weighted by Gasteiger charge is -2.06. The van der Waals surface area contributed by atoms with Gasteiger partial charge in [0.2, 0.25) is 0 Å². The molecule has 0 bridgehead atoms. The molecule has 0 atom stereocenters. The molecule has 2 nitrogen and oxygen atoms in total. The highest BCUT2D eigenvalue weighted by Gasteiger charge is 2.03. The van der Waals surface area contributed by atoms with Crippen molar-refractivity contribution in [2.24, 2.45) is 0 Å². The van der Waals surface area contributed by atoms with Crippen LogP contribution in [-0.2, 0) is 0 Å². The van der Waals surface area contributed by atoms with E-state index in [9.17, 15) is 0 Å². The van der Waals surface area contributed by atoms with Gasteiger partial charge >= 0.3 is 0 Å². The summed E-state index contributed by atoms with van der Waals surface area (Å²) in [6, 6.07) is 2.04. The van der Waals surface area contributed by atoms with E-state index in [-0.39, 0.29) is 0 Å². The minimum atomic E-state index is 0.956. The molecule has 0 fully saturated rings. The van der Waals surface area contributed by atoms with Gasteiger partial charge in [0, 0.05) is 17.2 Å². The second-order valence-corrected chi connectivity index (χ2v) is 4.42. The zero-order valence-electron chi connectivity index (χ0n) is 7.96. The molecule has 14 heavy (non-hydrogen) atoms. The van der Waals surface area contributed by atoms with Crippen molar-refractivity contribution in [3.05, 3.63) is 34.6 Å². The van der Waals surface area contributed by atoms with Crippen LogP contribution in [0.1, 0.15) is 19.3 Å². The van der Waals surface area contributed by atoms with Crippen LogP contribution in [-0.4, -0.2) is 11.5 Å². The summed E-state index contributed by atoms with van der Waals surface area (Å²) in [6.07, 6.45) is 9.77. The number of pyridine rings is 1. The maximum Gasteiger partial charge on any atom is 0.0540 e. The van der Waals surface area contributed by atoms with E-state index in [0.717, 1.165) is 16.7 Å². The topological polar surface area (TPSA) is 24.9 Å². The Morgan fingerprint density at radius 3 is 3.07 bits per heavy atom. The third kappa shape index (κ3) is 2.58. The molecule has 0 radical (unpaired) electrons. The molecule has 1 N–H and O–H groups in total. The fourth-order valence-corrected chi connectivity index (χ4v) is 1.99. The first-order valence-electron chi connectivity index (χ1n) is 4.87. The first kappa shape index (κ1) is 9.71. The Hall–Kier alpha value is -0.830. The van der Waals surface area contributed by atoms with Crippen molar-refractivity contribution in [2.75, 3.05) is 11.9 Å². The van der Waals surface area contributed by atoms with Crippen molar-refractivity contribution in [1.82, 2.24) is 4.98 Å². The van der Waals surface area contributed by atoms with Gasteiger partial charge in [-0.1, -0.05) is 11.6 Å². The van der Waals surface area contributed by atoms with Crippen molar-refractivity contribution in [2.45, 2.75) is 19.3 Å². The Bertz CT molecular complexity index is 347. The number of aromatic nitrogens is 1. The molecule has 0 aliphatic heterocycles. The molecule has 1 heterocycles. The Morgan fingerprint density at radius 1 is 1.43 bits per heavy atom. The molecule has 0 unspecified atom stereocenters. The highest BCUT2D eigenvalue weighted by atomic mass is 79.9. The molecule has 0 spiro atoms. The predicted octanol–water partition coefficient (Wildman–Crippen LogP) is 3.37. The van der Waals surface area contributed by atoms with Gasteiger partial charge in [0.05, 0.1) is 11.9 Å². The van der Waals surface area contributed by atoms with Crippen LogP contribution < -0.4 is 5.32 Å². The van der Waals surface area contributed by atoms with Crippen molar-refractivity contribution in [3.8, 4) is 0 Å². The van der Waals surface area contributed by atoms with Gasteiger partial charge in [-0.05, 0) is 41.3 Å². The average molecular weight is 253 g/mol. The summed E-state index contributed by atoms with van der Waals surface area (Å²) in [4.78, 5) is 4.10. The van der Waals surface area contributed by atoms with Crippen LogP contribution in [0.5, 0.6) is 0 Å².